The number of hydrogen-bond acceptors (Lipinski definition) is 2. The Morgan fingerprint density at radius 1 is 0.935 bits per heavy atom. The first kappa shape index (κ1) is 19.8. The molecule has 4 aromatic rings. The number of anilines is 1. The van der Waals surface area contributed by atoms with Crippen molar-refractivity contribution in [3.63, 3.8) is 0 Å². The minimum atomic E-state index is -0.0871. The Balaban J connectivity index is 1.67. The molecule has 154 valence electrons. The highest BCUT2D eigenvalue weighted by molar-refractivity contribution is 7.80. The van der Waals surface area contributed by atoms with Gasteiger partial charge in [0, 0.05) is 34.5 Å². The highest BCUT2D eigenvalue weighted by Crippen LogP contribution is 2.42. The van der Waals surface area contributed by atoms with E-state index in [2.05, 4.69) is 56.3 Å². The van der Waals surface area contributed by atoms with E-state index < -0.39 is 0 Å². The zero-order valence-corrected chi connectivity index (χ0v) is 18.5. The van der Waals surface area contributed by atoms with Crippen molar-refractivity contribution in [2.45, 2.75) is 19.0 Å². The Hall–Kier alpha value is -3.15. The smallest absolute Gasteiger partial charge is 0.174 e. The SMILES string of the molecule is Cc1cc(-n2cccc2[C@H]2[C@H](c3ccccn3)NC(=S)N2c2ccccc2)ccc1Cl. The molecular weight excluding hydrogens is 424 g/mol. The summed E-state index contributed by atoms with van der Waals surface area (Å²) in [5.74, 6) is 0. The molecule has 2 aromatic heterocycles. The minimum Gasteiger partial charge on any atom is -0.351 e. The first-order chi connectivity index (χ1) is 15.1. The van der Waals surface area contributed by atoms with Gasteiger partial charge in [-0.05, 0) is 79.3 Å². The average molecular weight is 445 g/mol. The summed E-state index contributed by atoms with van der Waals surface area (Å²) in [4.78, 5) is 6.82. The molecule has 0 saturated carbocycles. The zero-order chi connectivity index (χ0) is 21.4. The van der Waals surface area contributed by atoms with Crippen LogP contribution in [-0.2, 0) is 0 Å². The molecule has 1 saturated heterocycles. The van der Waals surface area contributed by atoms with Gasteiger partial charge in [-0.15, -0.1) is 0 Å². The van der Waals surface area contributed by atoms with Gasteiger partial charge in [0.2, 0.25) is 0 Å². The van der Waals surface area contributed by atoms with Crippen molar-refractivity contribution in [3.05, 3.63) is 113 Å². The van der Waals surface area contributed by atoms with Crippen LogP contribution < -0.4 is 10.2 Å². The summed E-state index contributed by atoms with van der Waals surface area (Å²) in [7, 11) is 0. The standard InChI is InChI=1S/C25H21ClN4S/c1-17-16-19(12-13-20(17)26)29-15-7-11-22(29)24-23(21-10-5-6-14-27-21)28-25(31)30(24)18-8-3-2-4-9-18/h2-16,23-24H,1H3,(H,28,31)/t23-,24-/m0/s1. The number of thiocarbonyl (C=S) groups is 1. The maximum Gasteiger partial charge on any atom is 0.174 e. The van der Waals surface area contributed by atoms with Gasteiger partial charge >= 0.3 is 0 Å². The second-order valence-corrected chi connectivity index (χ2v) is 8.36. The lowest BCUT2D eigenvalue weighted by atomic mass is 10.0. The van der Waals surface area contributed by atoms with Gasteiger partial charge < -0.3 is 14.8 Å². The van der Waals surface area contributed by atoms with Gasteiger partial charge in [0.05, 0.1) is 11.7 Å². The van der Waals surface area contributed by atoms with E-state index in [1.54, 1.807) is 0 Å². The molecule has 0 unspecified atom stereocenters. The number of nitrogens with one attached hydrogen (secondary N) is 1. The lowest BCUT2D eigenvalue weighted by Crippen LogP contribution is -2.30. The lowest BCUT2D eigenvalue weighted by Gasteiger charge is -2.29. The second-order valence-electron chi connectivity index (χ2n) is 7.57. The van der Waals surface area contributed by atoms with Crippen LogP contribution in [0.1, 0.15) is 29.0 Å². The van der Waals surface area contributed by atoms with Gasteiger partial charge in [0.15, 0.2) is 5.11 Å². The molecule has 1 N–H and O–H groups in total. The molecule has 3 heterocycles. The average Bonchev–Trinajstić information content (AvgIpc) is 3.41. The summed E-state index contributed by atoms with van der Waals surface area (Å²) in [5, 5.41) is 4.97. The van der Waals surface area contributed by atoms with Crippen molar-refractivity contribution in [1.29, 1.82) is 0 Å². The first-order valence-electron chi connectivity index (χ1n) is 10.1. The van der Waals surface area contributed by atoms with E-state index in [0.717, 1.165) is 33.3 Å². The Morgan fingerprint density at radius 3 is 2.48 bits per heavy atom. The molecule has 1 fully saturated rings. The van der Waals surface area contributed by atoms with Crippen molar-refractivity contribution >= 4 is 34.6 Å². The molecule has 1 aliphatic rings. The molecule has 2 aromatic carbocycles. The molecule has 0 aliphatic carbocycles. The summed E-state index contributed by atoms with van der Waals surface area (Å²) in [6.45, 7) is 2.02. The summed E-state index contributed by atoms with van der Waals surface area (Å²) in [6.07, 6.45) is 3.90. The molecule has 31 heavy (non-hydrogen) atoms. The molecule has 2 atom stereocenters. The second kappa shape index (κ2) is 8.17. The molecule has 0 bridgehead atoms. The molecule has 5 rings (SSSR count). The quantitative estimate of drug-likeness (QED) is 0.391. The summed E-state index contributed by atoms with van der Waals surface area (Å²) in [5.41, 5.74) is 5.22. The van der Waals surface area contributed by atoms with Gasteiger partial charge in [-0.3, -0.25) is 4.98 Å². The van der Waals surface area contributed by atoms with Gasteiger partial charge in [0.1, 0.15) is 6.04 Å². The number of aromatic nitrogens is 2. The molecule has 0 amide bonds. The number of aryl methyl sites for hydroxylation is 1. The van der Waals surface area contributed by atoms with Crippen LogP contribution >= 0.6 is 23.8 Å². The normalized spacial score (nSPS) is 18.3. The third-order valence-corrected chi connectivity index (χ3v) is 6.37. The lowest BCUT2D eigenvalue weighted by molar-refractivity contribution is 0.549. The minimum absolute atomic E-state index is 0.0733. The number of halogens is 1. The maximum absolute atomic E-state index is 6.28. The number of rotatable bonds is 4. The highest BCUT2D eigenvalue weighted by atomic mass is 35.5. The van der Waals surface area contributed by atoms with E-state index in [1.165, 1.54) is 0 Å². The third kappa shape index (κ3) is 3.60. The van der Waals surface area contributed by atoms with Crippen LogP contribution in [0.4, 0.5) is 5.69 Å². The number of nitrogens with zero attached hydrogens (tertiary/aromatic N) is 3. The Bertz CT molecular complexity index is 1220. The van der Waals surface area contributed by atoms with Crippen molar-refractivity contribution in [3.8, 4) is 5.69 Å². The van der Waals surface area contributed by atoms with Gasteiger partial charge in [-0.2, -0.15) is 0 Å². The largest absolute Gasteiger partial charge is 0.351 e. The van der Waals surface area contributed by atoms with Crippen LogP contribution in [0.2, 0.25) is 5.02 Å². The van der Waals surface area contributed by atoms with Crippen LogP contribution in [0, 0.1) is 6.92 Å². The predicted octanol–water partition coefficient (Wildman–Crippen LogP) is 6.01. The third-order valence-electron chi connectivity index (χ3n) is 5.64. The van der Waals surface area contributed by atoms with Crippen molar-refractivity contribution in [2.75, 3.05) is 4.90 Å². The molecule has 0 radical (unpaired) electrons. The molecule has 6 heteroatoms. The molecule has 0 spiro atoms. The Morgan fingerprint density at radius 2 is 1.74 bits per heavy atom. The van der Waals surface area contributed by atoms with Crippen molar-refractivity contribution in [2.24, 2.45) is 0 Å². The van der Waals surface area contributed by atoms with E-state index in [1.807, 2.05) is 61.7 Å². The number of benzene rings is 2. The fourth-order valence-corrected chi connectivity index (χ4v) is 4.63. The van der Waals surface area contributed by atoms with Crippen LogP contribution in [0.3, 0.4) is 0 Å². The van der Waals surface area contributed by atoms with E-state index >= 15 is 0 Å². The monoisotopic (exact) mass is 444 g/mol. The molecular formula is C25H21ClN4S. The van der Waals surface area contributed by atoms with Gasteiger partial charge in [0.25, 0.3) is 0 Å². The predicted molar refractivity (Wildman–Crippen MR) is 130 cm³/mol. The van der Waals surface area contributed by atoms with E-state index in [0.29, 0.717) is 5.11 Å². The molecule has 4 nitrogen and oxygen atoms in total. The van der Waals surface area contributed by atoms with E-state index in [-0.39, 0.29) is 12.1 Å². The number of para-hydroxylation sites is 1. The van der Waals surface area contributed by atoms with Crippen molar-refractivity contribution in [1.82, 2.24) is 14.9 Å². The Kier molecular flexibility index (Phi) is 5.22. The van der Waals surface area contributed by atoms with E-state index in [9.17, 15) is 0 Å². The fraction of sp³-hybridized carbons (Fsp3) is 0.120. The topological polar surface area (TPSA) is 33.1 Å². The van der Waals surface area contributed by atoms with Crippen LogP contribution in [0.5, 0.6) is 0 Å². The van der Waals surface area contributed by atoms with Gasteiger partial charge in [-0.1, -0.05) is 35.9 Å². The van der Waals surface area contributed by atoms with Crippen molar-refractivity contribution < 1.29 is 0 Å². The maximum atomic E-state index is 6.28. The van der Waals surface area contributed by atoms with Gasteiger partial charge in [-0.25, -0.2) is 0 Å². The highest BCUT2D eigenvalue weighted by Gasteiger charge is 2.42. The Labute approximate surface area is 192 Å². The number of pyridine rings is 1. The van der Waals surface area contributed by atoms with Crippen LogP contribution in [-0.4, -0.2) is 14.7 Å². The summed E-state index contributed by atoms with van der Waals surface area (Å²) < 4.78 is 2.20. The number of hydrogen-bond donors (Lipinski definition) is 1. The fourth-order valence-electron chi connectivity index (χ4n) is 4.17. The summed E-state index contributed by atoms with van der Waals surface area (Å²) in [6, 6.07) is 26.4. The summed E-state index contributed by atoms with van der Waals surface area (Å²) >= 11 is 12.1. The van der Waals surface area contributed by atoms with Crippen LogP contribution in [0.15, 0.2) is 91.3 Å². The zero-order valence-electron chi connectivity index (χ0n) is 16.9. The molecule has 1 aliphatic heterocycles. The first-order valence-corrected chi connectivity index (χ1v) is 10.9. The van der Waals surface area contributed by atoms with E-state index in [4.69, 9.17) is 23.8 Å². The van der Waals surface area contributed by atoms with Crippen LogP contribution in [0.25, 0.3) is 5.69 Å².